The molecule has 116 valence electrons. The molecule has 2 aromatic rings. The third kappa shape index (κ3) is 3.37. The lowest BCUT2D eigenvalue weighted by Crippen LogP contribution is -2.30. The third-order valence-corrected chi connectivity index (χ3v) is 6.50. The molecule has 0 radical (unpaired) electrons. The van der Waals surface area contributed by atoms with Crippen LogP contribution < -0.4 is 4.72 Å². The molecule has 0 aliphatic carbocycles. The van der Waals surface area contributed by atoms with E-state index in [1.165, 1.54) is 18.2 Å². The van der Waals surface area contributed by atoms with Gasteiger partial charge in [0.2, 0.25) is 10.0 Å². The van der Waals surface area contributed by atoms with Crippen LogP contribution in [0.2, 0.25) is 0 Å². The van der Waals surface area contributed by atoms with Gasteiger partial charge in [0.1, 0.15) is 5.82 Å². The van der Waals surface area contributed by atoms with Crippen molar-refractivity contribution < 1.29 is 12.8 Å². The molecule has 0 amide bonds. The molecule has 1 atom stereocenters. The van der Waals surface area contributed by atoms with Gasteiger partial charge in [0.05, 0.1) is 4.90 Å². The Bertz CT molecular complexity index is 811. The van der Waals surface area contributed by atoms with Crippen LogP contribution in [0.15, 0.2) is 56.7 Å². The van der Waals surface area contributed by atoms with Crippen molar-refractivity contribution in [1.82, 2.24) is 4.72 Å². The molecular formula is C15H13BrFNO2S2. The molecule has 3 rings (SSSR count). The van der Waals surface area contributed by atoms with Crippen molar-refractivity contribution in [2.45, 2.75) is 22.3 Å². The number of rotatable bonds is 3. The highest BCUT2D eigenvalue weighted by atomic mass is 79.9. The van der Waals surface area contributed by atoms with Gasteiger partial charge in [0, 0.05) is 15.4 Å². The molecule has 0 aromatic heterocycles. The number of sulfonamides is 1. The second-order valence-electron chi connectivity index (χ2n) is 4.95. The zero-order chi connectivity index (χ0) is 15.7. The quantitative estimate of drug-likeness (QED) is 0.841. The first-order valence-corrected chi connectivity index (χ1v) is 9.92. The van der Waals surface area contributed by atoms with Crippen LogP contribution in [0.4, 0.5) is 4.39 Å². The molecule has 1 heterocycles. The van der Waals surface area contributed by atoms with E-state index >= 15 is 0 Å². The molecule has 1 unspecified atom stereocenters. The van der Waals surface area contributed by atoms with Gasteiger partial charge < -0.3 is 0 Å². The van der Waals surface area contributed by atoms with Crippen LogP contribution in [0.25, 0.3) is 0 Å². The summed E-state index contributed by atoms with van der Waals surface area (Å²) in [6.45, 7) is 0. The lowest BCUT2D eigenvalue weighted by atomic mass is 10.0. The zero-order valence-electron chi connectivity index (χ0n) is 11.4. The van der Waals surface area contributed by atoms with Gasteiger partial charge in [-0.2, -0.15) is 0 Å². The van der Waals surface area contributed by atoms with E-state index in [0.29, 0.717) is 16.5 Å². The van der Waals surface area contributed by atoms with Crippen LogP contribution in [0, 0.1) is 5.82 Å². The van der Waals surface area contributed by atoms with Gasteiger partial charge in [-0.15, -0.1) is 11.8 Å². The number of benzene rings is 2. The maximum atomic E-state index is 13.5. The van der Waals surface area contributed by atoms with Crippen LogP contribution >= 0.6 is 27.7 Å². The zero-order valence-corrected chi connectivity index (χ0v) is 14.6. The highest BCUT2D eigenvalue weighted by molar-refractivity contribution is 9.10. The Hall–Kier alpha value is -0.890. The Labute approximate surface area is 141 Å². The summed E-state index contributed by atoms with van der Waals surface area (Å²) in [4.78, 5) is 1.12. The van der Waals surface area contributed by atoms with Crippen LogP contribution in [-0.2, 0) is 10.0 Å². The van der Waals surface area contributed by atoms with Crippen molar-refractivity contribution in [3.8, 4) is 0 Å². The second kappa shape index (κ2) is 6.31. The highest BCUT2D eigenvalue weighted by Gasteiger charge is 2.26. The molecule has 3 nitrogen and oxygen atoms in total. The lowest BCUT2D eigenvalue weighted by molar-refractivity contribution is 0.541. The second-order valence-corrected chi connectivity index (χ2v) is 8.72. The minimum Gasteiger partial charge on any atom is -0.207 e. The third-order valence-electron chi connectivity index (χ3n) is 3.42. The predicted molar refractivity (Wildman–Crippen MR) is 88.9 cm³/mol. The summed E-state index contributed by atoms with van der Waals surface area (Å²) in [5, 5.41) is 0. The molecule has 2 aromatic carbocycles. The fourth-order valence-corrected chi connectivity index (χ4v) is 5.33. The molecule has 22 heavy (non-hydrogen) atoms. The van der Waals surface area contributed by atoms with E-state index in [0.717, 1.165) is 10.6 Å². The molecule has 0 bridgehead atoms. The van der Waals surface area contributed by atoms with E-state index in [1.54, 1.807) is 36.0 Å². The number of nitrogens with one attached hydrogen (secondary N) is 1. The number of fused-ring (bicyclic) bond motifs is 1. The van der Waals surface area contributed by atoms with E-state index in [-0.39, 0.29) is 10.7 Å². The predicted octanol–water partition coefficient (Wildman–Crippen LogP) is 4.10. The van der Waals surface area contributed by atoms with Gasteiger partial charge in [-0.25, -0.2) is 17.5 Å². The standard InChI is InChI=1S/C15H13BrFNO2S2/c16-10-2-1-3-12(8-10)22(19,20)18-14-6-7-21-15-5-4-11(17)9-13(14)15/h1-5,8-9,14,18H,6-7H2. The SMILES string of the molecule is O=S(=O)(NC1CCSc2ccc(F)cc21)c1cccc(Br)c1. The van der Waals surface area contributed by atoms with Crippen molar-refractivity contribution >= 4 is 37.7 Å². The minimum atomic E-state index is -3.65. The summed E-state index contributed by atoms with van der Waals surface area (Å²) < 4.78 is 41.9. The largest absolute Gasteiger partial charge is 0.241 e. The normalized spacial score (nSPS) is 18.0. The van der Waals surface area contributed by atoms with Crippen molar-refractivity contribution in [3.05, 3.63) is 58.3 Å². The minimum absolute atomic E-state index is 0.193. The van der Waals surface area contributed by atoms with Crippen molar-refractivity contribution in [1.29, 1.82) is 0 Å². The number of thioether (sulfide) groups is 1. The van der Waals surface area contributed by atoms with Crippen molar-refractivity contribution in [3.63, 3.8) is 0 Å². The summed E-state index contributed by atoms with van der Waals surface area (Å²) in [7, 11) is -3.65. The first kappa shape index (κ1) is 16.0. The molecule has 1 aliphatic heterocycles. The van der Waals surface area contributed by atoms with E-state index < -0.39 is 16.1 Å². The molecule has 0 fully saturated rings. The Morgan fingerprint density at radius 2 is 2.05 bits per heavy atom. The molecule has 0 spiro atoms. The van der Waals surface area contributed by atoms with Crippen LogP contribution in [-0.4, -0.2) is 14.2 Å². The lowest BCUT2D eigenvalue weighted by Gasteiger charge is -2.25. The summed E-state index contributed by atoms with van der Waals surface area (Å²) in [5.74, 6) is 0.442. The van der Waals surface area contributed by atoms with Crippen molar-refractivity contribution in [2.24, 2.45) is 0 Å². The molecule has 7 heteroatoms. The molecular weight excluding hydrogens is 389 g/mol. The van der Waals surface area contributed by atoms with Gasteiger partial charge in [-0.1, -0.05) is 22.0 Å². The molecule has 1 aliphatic rings. The highest BCUT2D eigenvalue weighted by Crippen LogP contribution is 2.37. The van der Waals surface area contributed by atoms with E-state index in [2.05, 4.69) is 20.7 Å². The first-order chi connectivity index (χ1) is 10.5. The van der Waals surface area contributed by atoms with Crippen LogP contribution in [0.1, 0.15) is 18.0 Å². The van der Waals surface area contributed by atoms with E-state index in [1.807, 2.05) is 0 Å². The molecule has 1 N–H and O–H groups in total. The Morgan fingerprint density at radius 3 is 2.82 bits per heavy atom. The molecule has 0 saturated heterocycles. The molecule has 0 saturated carbocycles. The maximum Gasteiger partial charge on any atom is 0.241 e. The van der Waals surface area contributed by atoms with Gasteiger partial charge in [-0.3, -0.25) is 0 Å². The van der Waals surface area contributed by atoms with Gasteiger partial charge >= 0.3 is 0 Å². The fraction of sp³-hybridized carbons (Fsp3) is 0.200. The van der Waals surface area contributed by atoms with E-state index in [4.69, 9.17) is 0 Å². The Kier molecular flexibility index (Phi) is 4.59. The number of hydrogen-bond donors (Lipinski definition) is 1. The van der Waals surface area contributed by atoms with Gasteiger partial charge in [-0.05, 0) is 54.1 Å². The average Bonchev–Trinajstić information content (AvgIpc) is 2.48. The first-order valence-electron chi connectivity index (χ1n) is 6.66. The Balaban J connectivity index is 1.93. The van der Waals surface area contributed by atoms with Gasteiger partial charge in [0.25, 0.3) is 0 Å². The van der Waals surface area contributed by atoms with Crippen LogP contribution in [0.3, 0.4) is 0 Å². The maximum absolute atomic E-state index is 13.5. The number of hydrogen-bond acceptors (Lipinski definition) is 3. The summed E-state index contributed by atoms with van der Waals surface area (Å²) in [6, 6.07) is 10.6. The van der Waals surface area contributed by atoms with Gasteiger partial charge in [0.15, 0.2) is 0 Å². The van der Waals surface area contributed by atoms with Crippen molar-refractivity contribution in [2.75, 3.05) is 5.75 Å². The monoisotopic (exact) mass is 401 g/mol. The smallest absolute Gasteiger partial charge is 0.207 e. The number of halogens is 2. The average molecular weight is 402 g/mol. The fourth-order valence-electron chi connectivity index (χ4n) is 2.38. The summed E-state index contributed by atoms with van der Waals surface area (Å²) >= 11 is 4.89. The Morgan fingerprint density at radius 1 is 1.23 bits per heavy atom. The summed E-state index contributed by atoms with van der Waals surface area (Å²) in [6.07, 6.45) is 0.633. The van der Waals surface area contributed by atoms with Crippen LogP contribution in [0.5, 0.6) is 0 Å². The topological polar surface area (TPSA) is 46.2 Å². The van der Waals surface area contributed by atoms with E-state index in [9.17, 15) is 12.8 Å². The summed E-state index contributed by atoms with van der Waals surface area (Å²) in [5.41, 5.74) is 0.704.